The van der Waals surface area contributed by atoms with Crippen molar-refractivity contribution in [3.05, 3.63) is 30.1 Å². The molecule has 94 valence electrons. The lowest BCUT2D eigenvalue weighted by Crippen LogP contribution is -2.40. The van der Waals surface area contributed by atoms with Crippen LogP contribution in [-0.2, 0) is 6.54 Å². The van der Waals surface area contributed by atoms with Gasteiger partial charge >= 0.3 is 0 Å². The zero-order valence-corrected chi connectivity index (χ0v) is 10.9. The van der Waals surface area contributed by atoms with E-state index < -0.39 is 0 Å². The zero-order valence-electron chi connectivity index (χ0n) is 10.9. The molecule has 0 amide bonds. The number of hydrogen-bond acceptors (Lipinski definition) is 3. The molecule has 2 rings (SSSR count). The molecule has 1 fully saturated rings. The van der Waals surface area contributed by atoms with E-state index in [-0.39, 0.29) is 0 Å². The number of hydrogen-bond donors (Lipinski definition) is 1. The molecule has 2 heterocycles. The van der Waals surface area contributed by atoms with Crippen molar-refractivity contribution in [2.75, 3.05) is 20.1 Å². The maximum Gasteiger partial charge on any atom is 0.0271 e. The van der Waals surface area contributed by atoms with E-state index in [2.05, 4.69) is 41.3 Å². The lowest BCUT2D eigenvalue weighted by Gasteiger charge is -2.34. The minimum absolute atomic E-state index is 0.651. The molecule has 17 heavy (non-hydrogen) atoms. The van der Waals surface area contributed by atoms with Gasteiger partial charge in [-0.05, 0) is 63.5 Å². The minimum atomic E-state index is 0.651. The molecule has 0 aromatic carbocycles. The number of piperidine rings is 1. The molecule has 0 radical (unpaired) electrons. The van der Waals surface area contributed by atoms with Gasteiger partial charge in [0.1, 0.15) is 0 Å². The number of nitrogens with zero attached hydrogens (tertiary/aromatic N) is 2. The summed E-state index contributed by atoms with van der Waals surface area (Å²) in [6, 6.07) is 4.88. The van der Waals surface area contributed by atoms with Crippen molar-refractivity contribution < 1.29 is 0 Å². The minimum Gasteiger partial charge on any atom is -0.317 e. The molecular formula is C14H23N3. The van der Waals surface area contributed by atoms with Crippen molar-refractivity contribution in [2.24, 2.45) is 5.92 Å². The molecule has 0 aliphatic carbocycles. The summed E-state index contributed by atoms with van der Waals surface area (Å²) in [4.78, 5) is 6.61. The van der Waals surface area contributed by atoms with Gasteiger partial charge < -0.3 is 5.32 Å². The average molecular weight is 233 g/mol. The summed E-state index contributed by atoms with van der Waals surface area (Å²) in [5.74, 6) is 0.841. The van der Waals surface area contributed by atoms with Gasteiger partial charge in [-0.1, -0.05) is 0 Å². The van der Waals surface area contributed by atoms with E-state index >= 15 is 0 Å². The highest BCUT2D eigenvalue weighted by atomic mass is 15.1. The van der Waals surface area contributed by atoms with Gasteiger partial charge in [-0.2, -0.15) is 0 Å². The SMILES string of the molecule is CNC(C)C1CCN(Cc2ccncc2)CC1. The highest BCUT2D eigenvalue weighted by Crippen LogP contribution is 2.21. The van der Waals surface area contributed by atoms with Crippen molar-refractivity contribution in [3.8, 4) is 0 Å². The topological polar surface area (TPSA) is 28.2 Å². The lowest BCUT2D eigenvalue weighted by atomic mass is 9.90. The quantitative estimate of drug-likeness (QED) is 0.861. The highest BCUT2D eigenvalue weighted by Gasteiger charge is 2.22. The van der Waals surface area contributed by atoms with Gasteiger partial charge in [0.25, 0.3) is 0 Å². The van der Waals surface area contributed by atoms with Gasteiger partial charge in [0.05, 0.1) is 0 Å². The first-order valence-corrected chi connectivity index (χ1v) is 6.58. The molecule has 1 aromatic heterocycles. The maximum absolute atomic E-state index is 4.06. The Bertz CT molecular complexity index is 317. The standard InChI is InChI=1S/C14H23N3/c1-12(15-2)14-5-9-17(10-6-14)11-13-3-7-16-8-4-13/h3-4,7-8,12,14-15H,5-6,9-11H2,1-2H3. The lowest BCUT2D eigenvalue weighted by molar-refractivity contribution is 0.159. The Morgan fingerprint density at radius 3 is 2.59 bits per heavy atom. The molecule has 1 aliphatic rings. The molecule has 1 unspecified atom stereocenters. The van der Waals surface area contributed by atoms with Gasteiger partial charge in [0.2, 0.25) is 0 Å². The smallest absolute Gasteiger partial charge is 0.0271 e. The third-order valence-corrected chi connectivity index (χ3v) is 3.95. The van der Waals surface area contributed by atoms with Gasteiger partial charge in [-0.15, -0.1) is 0 Å². The second kappa shape index (κ2) is 6.12. The summed E-state index contributed by atoms with van der Waals surface area (Å²) in [5, 5.41) is 3.37. The largest absolute Gasteiger partial charge is 0.317 e. The van der Waals surface area contributed by atoms with Crippen LogP contribution >= 0.6 is 0 Å². The highest BCUT2D eigenvalue weighted by molar-refractivity contribution is 5.09. The van der Waals surface area contributed by atoms with E-state index in [0.29, 0.717) is 6.04 Å². The molecule has 1 aromatic rings. The fourth-order valence-corrected chi connectivity index (χ4v) is 2.59. The number of likely N-dealkylation sites (tertiary alicyclic amines) is 1. The second-order valence-corrected chi connectivity index (χ2v) is 5.05. The number of aromatic nitrogens is 1. The Morgan fingerprint density at radius 1 is 1.35 bits per heavy atom. The molecule has 3 heteroatoms. The van der Waals surface area contributed by atoms with Crippen LogP contribution < -0.4 is 5.32 Å². The number of pyridine rings is 1. The number of nitrogens with one attached hydrogen (secondary N) is 1. The van der Waals surface area contributed by atoms with Gasteiger partial charge in [-0.25, -0.2) is 0 Å². The zero-order chi connectivity index (χ0) is 12.1. The third-order valence-electron chi connectivity index (χ3n) is 3.95. The third kappa shape index (κ3) is 3.51. The van der Waals surface area contributed by atoms with Crippen molar-refractivity contribution in [1.29, 1.82) is 0 Å². The van der Waals surface area contributed by atoms with Crippen LogP contribution in [0.25, 0.3) is 0 Å². The summed E-state index contributed by atoms with van der Waals surface area (Å²) >= 11 is 0. The van der Waals surface area contributed by atoms with Crippen LogP contribution in [0.1, 0.15) is 25.3 Å². The first-order valence-electron chi connectivity index (χ1n) is 6.58. The summed E-state index contributed by atoms with van der Waals surface area (Å²) in [6.45, 7) is 5.81. The fraction of sp³-hybridized carbons (Fsp3) is 0.643. The summed E-state index contributed by atoms with van der Waals surface area (Å²) in [7, 11) is 2.06. The van der Waals surface area contributed by atoms with E-state index in [1.165, 1.54) is 31.5 Å². The maximum atomic E-state index is 4.06. The summed E-state index contributed by atoms with van der Waals surface area (Å²) in [6.07, 6.45) is 6.39. The van der Waals surface area contributed by atoms with Crippen LogP contribution in [0.3, 0.4) is 0 Å². The summed E-state index contributed by atoms with van der Waals surface area (Å²) in [5.41, 5.74) is 1.38. The molecule has 1 saturated heterocycles. The molecule has 3 nitrogen and oxygen atoms in total. The molecule has 1 atom stereocenters. The molecule has 1 N–H and O–H groups in total. The van der Waals surface area contributed by atoms with Crippen molar-refractivity contribution in [2.45, 2.75) is 32.4 Å². The Kier molecular flexibility index (Phi) is 4.51. The second-order valence-electron chi connectivity index (χ2n) is 5.05. The Balaban J connectivity index is 1.80. The van der Waals surface area contributed by atoms with E-state index in [0.717, 1.165) is 12.5 Å². The van der Waals surface area contributed by atoms with Crippen LogP contribution in [0.15, 0.2) is 24.5 Å². The van der Waals surface area contributed by atoms with Gasteiger partial charge in [0, 0.05) is 25.0 Å². The van der Waals surface area contributed by atoms with Crippen LogP contribution in [0.4, 0.5) is 0 Å². The molecule has 1 aliphatic heterocycles. The molecule has 0 saturated carbocycles. The summed E-state index contributed by atoms with van der Waals surface area (Å²) < 4.78 is 0. The monoisotopic (exact) mass is 233 g/mol. The first kappa shape index (κ1) is 12.5. The van der Waals surface area contributed by atoms with Crippen LogP contribution in [-0.4, -0.2) is 36.1 Å². The van der Waals surface area contributed by atoms with Crippen LogP contribution in [0, 0.1) is 5.92 Å². The molecule has 0 bridgehead atoms. The van der Waals surface area contributed by atoms with Crippen molar-refractivity contribution in [3.63, 3.8) is 0 Å². The predicted octanol–water partition coefficient (Wildman–Crippen LogP) is 1.90. The van der Waals surface area contributed by atoms with E-state index in [1.54, 1.807) is 0 Å². The number of rotatable bonds is 4. The van der Waals surface area contributed by atoms with Gasteiger partial charge in [-0.3, -0.25) is 9.88 Å². The van der Waals surface area contributed by atoms with E-state index in [4.69, 9.17) is 0 Å². The average Bonchev–Trinajstić information content (AvgIpc) is 2.40. The van der Waals surface area contributed by atoms with E-state index in [9.17, 15) is 0 Å². The van der Waals surface area contributed by atoms with E-state index in [1.807, 2.05) is 12.4 Å². The first-order chi connectivity index (χ1) is 8.29. The van der Waals surface area contributed by atoms with Crippen molar-refractivity contribution >= 4 is 0 Å². The Hall–Kier alpha value is -0.930. The van der Waals surface area contributed by atoms with Crippen molar-refractivity contribution in [1.82, 2.24) is 15.2 Å². The van der Waals surface area contributed by atoms with Gasteiger partial charge in [0.15, 0.2) is 0 Å². The predicted molar refractivity (Wildman–Crippen MR) is 70.8 cm³/mol. The Morgan fingerprint density at radius 2 is 2.00 bits per heavy atom. The Labute approximate surface area is 104 Å². The van der Waals surface area contributed by atoms with Crippen LogP contribution in [0.5, 0.6) is 0 Å². The fourth-order valence-electron chi connectivity index (χ4n) is 2.59. The normalized spacial score (nSPS) is 20.4. The molecular weight excluding hydrogens is 210 g/mol. The molecule has 0 spiro atoms. The van der Waals surface area contributed by atoms with Crippen LogP contribution in [0.2, 0.25) is 0 Å².